The minimum Gasteiger partial charge on any atom is -0.303 e. The molecule has 0 N–H and O–H groups in total. The van der Waals surface area contributed by atoms with Gasteiger partial charge in [0, 0.05) is 0 Å². The zero-order chi connectivity index (χ0) is 11.4. The molecule has 0 atom stereocenters. The first-order chi connectivity index (χ1) is 7.79. The first-order valence-corrected chi connectivity index (χ1v) is 6.27. The van der Waals surface area contributed by atoms with E-state index in [1.807, 2.05) is 12.1 Å². The smallest absolute Gasteiger partial charge is 0.123 e. The predicted octanol–water partition coefficient (Wildman–Crippen LogP) is 3.42. The third kappa shape index (κ3) is 2.82. The van der Waals surface area contributed by atoms with E-state index in [0.29, 0.717) is 5.92 Å². The number of piperidine rings is 1. The average Bonchev–Trinajstić information content (AvgIpc) is 2.32. The Labute approximate surface area is 97.3 Å². The van der Waals surface area contributed by atoms with Crippen LogP contribution >= 0.6 is 0 Å². The second kappa shape index (κ2) is 5.44. The van der Waals surface area contributed by atoms with Crippen LogP contribution in [0.3, 0.4) is 0 Å². The molecule has 88 valence electrons. The van der Waals surface area contributed by atoms with Crippen LogP contribution in [0.25, 0.3) is 0 Å². The molecule has 0 aromatic heterocycles. The molecule has 0 bridgehead atoms. The molecule has 0 radical (unpaired) electrons. The molecule has 0 amide bonds. The quantitative estimate of drug-likeness (QED) is 0.756. The van der Waals surface area contributed by atoms with E-state index in [2.05, 4.69) is 11.8 Å². The van der Waals surface area contributed by atoms with Gasteiger partial charge in [0.25, 0.3) is 0 Å². The summed E-state index contributed by atoms with van der Waals surface area (Å²) in [6, 6.07) is 7.03. The molecule has 2 heteroatoms. The third-order valence-corrected chi connectivity index (χ3v) is 3.47. The SMILES string of the molecule is CCCN1CCC(c2ccc(F)cc2)CC1. The number of rotatable bonds is 3. The predicted molar refractivity (Wildman–Crippen MR) is 65.1 cm³/mol. The fourth-order valence-electron chi connectivity index (χ4n) is 2.54. The van der Waals surface area contributed by atoms with Crippen molar-refractivity contribution in [3.05, 3.63) is 35.6 Å². The van der Waals surface area contributed by atoms with Crippen LogP contribution < -0.4 is 0 Å². The van der Waals surface area contributed by atoms with E-state index in [0.717, 1.165) is 0 Å². The zero-order valence-electron chi connectivity index (χ0n) is 9.95. The molecule has 2 rings (SSSR count). The van der Waals surface area contributed by atoms with E-state index in [-0.39, 0.29) is 5.82 Å². The van der Waals surface area contributed by atoms with Gasteiger partial charge in [-0.15, -0.1) is 0 Å². The van der Waals surface area contributed by atoms with Gasteiger partial charge in [-0.25, -0.2) is 4.39 Å². The van der Waals surface area contributed by atoms with Crippen LogP contribution in [0, 0.1) is 5.82 Å². The minimum atomic E-state index is -0.132. The van der Waals surface area contributed by atoms with Crippen LogP contribution in [-0.4, -0.2) is 24.5 Å². The Morgan fingerprint density at radius 1 is 1.19 bits per heavy atom. The van der Waals surface area contributed by atoms with Crippen molar-refractivity contribution in [2.45, 2.75) is 32.1 Å². The maximum atomic E-state index is 12.8. The molecule has 1 aromatic carbocycles. The highest BCUT2D eigenvalue weighted by atomic mass is 19.1. The molecule has 16 heavy (non-hydrogen) atoms. The molecule has 1 saturated heterocycles. The lowest BCUT2D eigenvalue weighted by molar-refractivity contribution is 0.213. The minimum absolute atomic E-state index is 0.132. The van der Waals surface area contributed by atoms with Crippen LogP contribution in [0.2, 0.25) is 0 Å². The summed E-state index contributed by atoms with van der Waals surface area (Å²) >= 11 is 0. The topological polar surface area (TPSA) is 3.24 Å². The lowest BCUT2D eigenvalue weighted by atomic mass is 9.89. The Morgan fingerprint density at radius 3 is 2.38 bits per heavy atom. The monoisotopic (exact) mass is 221 g/mol. The summed E-state index contributed by atoms with van der Waals surface area (Å²) in [6.07, 6.45) is 3.67. The van der Waals surface area contributed by atoms with Crippen molar-refractivity contribution in [1.29, 1.82) is 0 Å². The maximum Gasteiger partial charge on any atom is 0.123 e. The standard InChI is InChI=1S/C14H20FN/c1-2-9-16-10-7-13(8-11-16)12-3-5-14(15)6-4-12/h3-6,13H,2,7-11H2,1H3. The number of benzene rings is 1. The van der Waals surface area contributed by atoms with Gasteiger partial charge in [0.1, 0.15) is 5.82 Å². The van der Waals surface area contributed by atoms with Crippen LogP contribution in [0.1, 0.15) is 37.7 Å². The van der Waals surface area contributed by atoms with Gasteiger partial charge in [-0.2, -0.15) is 0 Å². The Kier molecular flexibility index (Phi) is 3.94. The summed E-state index contributed by atoms with van der Waals surface area (Å²) in [5, 5.41) is 0. The summed E-state index contributed by atoms with van der Waals surface area (Å²) in [4.78, 5) is 2.53. The van der Waals surface area contributed by atoms with Gasteiger partial charge in [-0.3, -0.25) is 0 Å². The van der Waals surface area contributed by atoms with Crippen molar-refractivity contribution in [3.8, 4) is 0 Å². The fourth-order valence-corrected chi connectivity index (χ4v) is 2.54. The number of halogens is 1. The van der Waals surface area contributed by atoms with Crippen molar-refractivity contribution in [3.63, 3.8) is 0 Å². The van der Waals surface area contributed by atoms with Crippen molar-refractivity contribution in [1.82, 2.24) is 4.90 Å². The van der Waals surface area contributed by atoms with Gasteiger partial charge in [0.05, 0.1) is 0 Å². The molecule has 0 spiro atoms. The van der Waals surface area contributed by atoms with E-state index in [1.165, 1.54) is 44.5 Å². The van der Waals surface area contributed by atoms with Gasteiger partial charge in [-0.05, 0) is 62.5 Å². The van der Waals surface area contributed by atoms with Crippen molar-refractivity contribution in [2.75, 3.05) is 19.6 Å². The van der Waals surface area contributed by atoms with Gasteiger partial charge < -0.3 is 4.90 Å². The van der Waals surface area contributed by atoms with Gasteiger partial charge >= 0.3 is 0 Å². The highest BCUT2D eigenvalue weighted by molar-refractivity contribution is 5.20. The Balaban J connectivity index is 1.91. The largest absolute Gasteiger partial charge is 0.303 e. The molecule has 1 fully saturated rings. The van der Waals surface area contributed by atoms with Gasteiger partial charge in [0.2, 0.25) is 0 Å². The molecule has 1 aliphatic rings. The summed E-state index contributed by atoms with van der Waals surface area (Å²) in [6.45, 7) is 5.83. The Bertz CT molecular complexity index is 312. The summed E-state index contributed by atoms with van der Waals surface area (Å²) in [5.74, 6) is 0.501. The van der Waals surface area contributed by atoms with Crippen LogP contribution in [0.15, 0.2) is 24.3 Å². The second-order valence-electron chi connectivity index (χ2n) is 4.67. The Morgan fingerprint density at radius 2 is 1.81 bits per heavy atom. The van der Waals surface area contributed by atoms with E-state index in [9.17, 15) is 4.39 Å². The molecule has 1 nitrogen and oxygen atoms in total. The summed E-state index contributed by atoms with van der Waals surface area (Å²) in [5.41, 5.74) is 1.30. The molecule has 0 saturated carbocycles. The van der Waals surface area contributed by atoms with Gasteiger partial charge in [-0.1, -0.05) is 19.1 Å². The third-order valence-electron chi connectivity index (χ3n) is 3.47. The summed E-state index contributed by atoms with van der Waals surface area (Å²) in [7, 11) is 0. The van der Waals surface area contributed by atoms with E-state index in [1.54, 1.807) is 12.1 Å². The normalized spacial score (nSPS) is 18.9. The number of nitrogens with zero attached hydrogens (tertiary/aromatic N) is 1. The average molecular weight is 221 g/mol. The molecule has 1 aromatic rings. The Hall–Kier alpha value is -0.890. The number of likely N-dealkylation sites (tertiary alicyclic amines) is 1. The molecule has 0 aliphatic carbocycles. The molecule has 0 unspecified atom stereocenters. The van der Waals surface area contributed by atoms with Crippen LogP contribution in [0.4, 0.5) is 4.39 Å². The van der Waals surface area contributed by atoms with Crippen LogP contribution in [-0.2, 0) is 0 Å². The van der Waals surface area contributed by atoms with E-state index >= 15 is 0 Å². The molecular formula is C14H20FN. The lowest BCUT2D eigenvalue weighted by Gasteiger charge is -2.31. The second-order valence-corrected chi connectivity index (χ2v) is 4.67. The highest BCUT2D eigenvalue weighted by Crippen LogP contribution is 2.27. The fraction of sp³-hybridized carbons (Fsp3) is 0.571. The lowest BCUT2D eigenvalue weighted by Crippen LogP contribution is -2.33. The first-order valence-electron chi connectivity index (χ1n) is 6.27. The van der Waals surface area contributed by atoms with E-state index in [4.69, 9.17) is 0 Å². The van der Waals surface area contributed by atoms with E-state index < -0.39 is 0 Å². The summed E-state index contributed by atoms with van der Waals surface area (Å²) < 4.78 is 12.8. The van der Waals surface area contributed by atoms with Gasteiger partial charge in [0.15, 0.2) is 0 Å². The molecule has 1 aliphatic heterocycles. The molecular weight excluding hydrogens is 201 g/mol. The van der Waals surface area contributed by atoms with Crippen molar-refractivity contribution < 1.29 is 4.39 Å². The van der Waals surface area contributed by atoms with Crippen molar-refractivity contribution in [2.24, 2.45) is 0 Å². The zero-order valence-corrected chi connectivity index (χ0v) is 9.95. The first kappa shape index (κ1) is 11.6. The number of hydrogen-bond donors (Lipinski definition) is 0. The highest BCUT2D eigenvalue weighted by Gasteiger charge is 2.19. The number of hydrogen-bond acceptors (Lipinski definition) is 1. The van der Waals surface area contributed by atoms with Crippen LogP contribution in [0.5, 0.6) is 0 Å². The van der Waals surface area contributed by atoms with Crippen molar-refractivity contribution >= 4 is 0 Å². The molecule has 1 heterocycles. The maximum absolute atomic E-state index is 12.8.